The molecule has 0 aliphatic carbocycles. The minimum atomic E-state index is -1.14. The van der Waals surface area contributed by atoms with Gasteiger partial charge in [0.1, 0.15) is 18.1 Å². The number of fused-ring (bicyclic) bond motifs is 1. The fourth-order valence-electron chi connectivity index (χ4n) is 4.33. The van der Waals surface area contributed by atoms with E-state index in [1.165, 1.54) is 35.7 Å². The molecule has 1 N–H and O–H groups in total. The van der Waals surface area contributed by atoms with Crippen molar-refractivity contribution in [3.05, 3.63) is 89.5 Å². The van der Waals surface area contributed by atoms with Gasteiger partial charge in [0.25, 0.3) is 0 Å². The first kappa shape index (κ1) is 28.2. The second-order valence-corrected chi connectivity index (χ2v) is 10.4. The number of carbonyl (C=O) groups is 4. The summed E-state index contributed by atoms with van der Waals surface area (Å²) in [6.45, 7) is 6.73. The Morgan fingerprint density at radius 2 is 1.65 bits per heavy atom. The lowest BCUT2D eigenvalue weighted by molar-refractivity contribution is -0.128. The Labute approximate surface area is 231 Å². The number of aromatic nitrogens is 3. The van der Waals surface area contributed by atoms with Crippen LogP contribution in [0.3, 0.4) is 0 Å². The van der Waals surface area contributed by atoms with Gasteiger partial charge in [-0.25, -0.2) is 9.48 Å². The minimum absolute atomic E-state index is 0.186. The Morgan fingerprint density at radius 3 is 2.30 bits per heavy atom. The van der Waals surface area contributed by atoms with E-state index in [0.717, 1.165) is 0 Å². The van der Waals surface area contributed by atoms with E-state index in [4.69, 9.17) is 4.74 Å². The fraction of sp³-hybridized carbons (Fsp3) is 0.267. The van der Waals surface area contributed by atoms with Gasteiger partial charge in [-0.15, -0.1) is 5.10 Å². The molecule has 0 aliphatic heterocycles. The van der Waals surface area contributed by atoms with E-state index >= 15 is 0 Å². The first-order valence-corrected chi connectivity index (χ1v) is 12.7. The molecule has 40 heavy (non-hydrogen) atoms. The Balaban J connectivity index is 1.86. The lowest BCUT2D eigenvalue weighted by atomic mass is 9.99. The van der Waals surface area contributed by atoms with Crippen molar-refractivity contribution in [2.45, 2.75) is 45.8 Å². The summed E-state index contributed by atoms with van der Waals surface area (Å²) < 4.78 is 6.27. The zero-order valence-corrected chi connectivity index (χ0v) is 23.0. The first-order chi connectivity index (χ1) is 19.0. The van der Waals surface area contributed by atoms with Crippen LogP contribution in [-0.4, -0.2) is 51.2 Å². The van der Waals surface area contributed by atoms with Crippen LogP contribution in [0.4, 0.5) is 5.69 Å². The third kappa shape index (κ3) is 6.23. The van der Waals surface area contributed by atoms with E-state index in [0.29, 0.717) is 33.4 Å². The third-order valence-corrected chi connectivity index (χ3v) is 6.16. The summed E-state index contributed by atoms with van der Waals surface area (Å²) in [6.07, 6.45) is 0. The van der Waals surface area contributed by atoms with Crippen molar-refractivity contribution in [1.29, 1.82) is 0 Å². The SMILES string of the molecule is COC(=O)c1ccc([C@H](C(=O)NC(C)(C)C)N(C(=O)Cn2nnc3ccccc32)c2cccc(C(C)=O)c2)cc1. The number of esters is 1. The van der Waals surface area contributed by atoms with Crippen molar-refractivity contribution in [3.8, 4) is 0 Å². The molecule has 1 atom stereocenters. The summed E-state index contributed by atoms with van der Waals surface area (Å²) in [7, 11) is 1.28. The van der Waals surface area contributed by atoms with Crippen LogP contribution < -0.4 is 10.2 Å². The number of nitrogens with zero attached hydrogens (tertiary/aromatic N) is 4. The molecule has 10 heteroatoms. The number of benzene rings is 3. The molecule has 0 aliphatic rings. The average Bonchev–Trinajstić information content (AvgIpc) is 3.32. The van der Waals surface area contributed by atoms with Crippen LogP contribution in [0, 0.1) is 0 Å². The van der Waals surface area contributed by atoms with E-state index in [2.05, 4.69) is 15.6 Å². The Hall–Kier alpha value is -4.86. The average molecular weight is 542 g/mol. The Bertz CT molecular complexity index is 1570. The number of nitrogens with one attached hydrogen (secondary N) is 1. The minimum Gasteiger partial charge on any atom is -0.465 e. The lowest BCUT2D eigenvalue weighted by Crippen LogP contribution is -2.50. The number of carbonyl (C=O) groups excluding carboxylic acids is 4. The van der Waals surface area contributed by atoms with Gasteiger partial charge in [0.15, 0.2) is 5.78 Å². The molecule has 4 aromatic rings. The molecular weight excluding hydrogens is 510 g/mol. The number of methoxy groups -OCH3 is 1. The molecule has 0 fully saturated rings. The number of anilines is 1. The van der Waals surface area contributed by atoms with Crippen molar-refractivity contribution < 1.29 is 23.9 Å². The molecule has 4 rings (SSSR count). The number of para-hydroxylation sites is 1. The predicted molar refractivity (Wildman–Crippen MR) is 150 cm³/mol. The van der Waals surface area contributed by atoms with Crippen LogP contribution in [0.25, 0.3) is 11.0 Å². The molecule has 10 nitrogen and oxygen atoms in total. The van der Waals surface area contributed by atoms with Crippen LogP contribution in [0.1, 0.15) is 60.0 Å². The highest BCUT2D eigenvalue weighted by Gasteiger charge is 2.35. The zero-order valence-electron chi connectivity index (χ0n) is 23.0. The molecule has 1 heterocycles. The molecule has 0 bridgehead atoms. The van der Waals surface area contributed by atoms with Crippen LogP contribution in [0.2, 0.25) is 0 Å². The first-order valence-electron chi connectivity index (χ1n) is 12.7. The number of ether oxygens (including phenoxy) is 1. The summed E-state index contributed by atoms with van der Waals surface area (Å²) in [4.78, 5) is 53.7. The molecule has 0 spiro atoms. The quantitative estimate of drug-likeness (QED) is 0.263. The second-order valence-electron chi connectivity index (χ2n) is 10.4. The number of amides is 2. The molecule has 206 valence electrons. The van der Waals surface area contributed by atoms with Crippen molar-refractivity contribution >= 4 is 40.3 Å². The van der Waals surface area contributed by atoms with Crippen molar-refractivity contribution in [2.24, 2.45) is 0 Å². The molecular formula is C30H31N5O5. The van der Waals surface area contributed by atoms with Gasteiger partial charge >= 0.3 is 5.97 Å². The summed E-state index contributed by atoms with van der Waals surface area (Å²) in [6, 6.07) is 19.0. The molecule has 0 radical (unpaired) electrons. The standard InChI is InChI=1S/C30H31N5O5/c1-19(36)22-9-8-10-23(17-22)35(26(37)18-34-25-12-7-6-11-24(25)32-33-34)27(28(38)31-30(2,3)4)20-13-15-21(16-14-20)29(39)40-5/h6-17,27H,18H2,1-5H3,(H,31,38)/t27-/m1/s1. The van der Waals surface area contributed by atoms with E-state index in [9.17, 15) is 19.2 Å². The third-order valence-electron chi connectivity index (χ3n) is 6.16. The maximum Gasteiger partial charge on any atom is 0.337 e. The fourth-order valence-corrected chi connectivity index (χ4v) is 4.33. The molecule has 0 saturated carbocycles. The van der Waals surface area contributed by atoms with Gasteiger partial charge in [-0.1, -0.05) is 41.6 Å². The Morgan fingerprint density at radius 1 is 0.950 bits per heavy atom. The second kappa shape index (κ2) is 11.5. The number of hydrogen-bond donors (Lipinski definition) is 1. The van der Waals surface area contributed by atoms with Crippen LogP contribution in [-0.2, 0) is 20.9 Å². The van der Waals surface area contributed by atoms with Gasteiger partial charge in [0, 0.05) is 16.8 Å². The molecule has 3 aromatic carbocycles. The van der Waals surface area contributed by atoms with E-state index in [1.807, 2.05) is 32.9 Å². The number of ketones is 1. The molecule has 0 saturated heterocycles. The van der Waals surface area contributed by atoms with Gasteiger partial charge in [0.2, 0.25) is 11.8 Å². The van der Waals surface area contributed by atoms with Crippen LogP contribution in [0.15, 0.2) is 72.8 Å². The van der Waals surface area contributed by atoms with E-state index in [-0.39, 0.29) is 12.3 Å². The Kier molecular flexibility index (Phi) is 8.08. The number of hydrogen-bond acceptors (Lipinski definition) is 7. The van der Waals surface area contributed by atoms with Gasteiger partial charge in [0.05, 0.1) is 18.2 Å². The van der Waals surface area contributed by atoms with Crippen LogP contribution in [0.5, 0.6) is 0 Å². The highest BCUT2D eigenvalue weighted by Crippen LogP contribution is 2.30. The van der Waals surface area contributed by atoms with Gasteiger partial charge < -0.3 is 10.1 Å². The molecule has 1 aromatic heterocycles. The van der Waals surface area contributed by atoms with Crippen molar-refractivity contribution in [2.75, 3.05) is 12.0 Å². The van der Waals surface area contributed by atoms with Crippen LogP contribution >= 0.6 is 0 Å². The summed E-state index contributed by atoms with van der Waals surface area (Å²) in [5, 5.41) is 11.3. The normalized spacial score (nSPS) is 12.0. The summed E-state index contributed by atoms with van der Waals surface area (Å²) >= 11 is 0. The van der Waals surface area contributed by atoms with Gasteiger partial charge in [-0.2, -0.15) is 0 Å². The largest absolute Gasteiger partial charge is 0.465 e. The zero-order chi connectivity index (χ0) is 29.0. The summed E-state index contributed by atoms with van der Waals surface area (Å²) in [5.41, 5.74) is 2.17. The number of Topliss-reactive ketones (excluding diaryl/α,β-unsaturated/α-hetero) is 1. The lowest BCUT2D eigenvalue weighted by Gasteiger charge is -2.34. The smallest absolute Gasteiger partial charge is 0.337 e. The van der Waals surface area contributed by atoms with E-state index in [1.54, 1.807) is 48.5 Å². The van der Waals surface area contributed by atoms with E-state index < -0.39 is 29.4 Å². The predicted octanol–water partition coefficient (Wildman–Crippen LogP) is 4.11. The maximum atomic E-state index is 14.1. The monoisotopic (exact) mass is 541 g/mol. The molecule has 2 amide bonds. The molecule has 0 unspecified atom stereocenters. The highest BCUT2D eigenvalue weighted by molar-refractivity contribution is 6.03. The maximum absolute atomic E-state index is 14.1. The van der Waals surface area contributed by atoms with Gasteiger partial charge in [-0.05, 0) is 69.7 Å². The van der Waals surface area contributed by atoms with Gasteiger partial charge in [-0.3, -0.25) is 19.3 Å². The topological polar surface area (TPSA) is 123 Å². The van der Waals surface area contributed by atoms with Crippen molar-refractivity contribution in [1.82, 2.24) is 20.3 Å². The summed E-state index contributed by atoms with van der Waals surface area (Å²) in [5.74, 6) is -1.61. The van der Waals surface area contributed by atoms with Crippen molar-refractivity contribution in [3.63, 3.8) is 0 Å². The number of rotatable bonds is 8. The highest BCUT2D eigenvalue weighted by atomic mass is 16.5.